The van der Waals surface area contributed by atoms with Gasteiger partial charge >= 0.3 is 6.18 Å². The smallest absolute Gasteiger partial charge is 0.416 e. The molecule has 0 atom stereocenters. The van der Waals surface area contributed by atoms with Gasteiger partial charge in [-0.05, 0) is 48.5 Å². The maximum atomic E-state index is 12.8. The number of aromatic nitrogens is 3. The summed E-state index contributed by atoms with van der Waals surface area (Å²) in [4.78, 5) is 11.4. The number of fused-ring (bicyclic) bond motifs is 1. The van der Waals surface area contributed by atoms with Gasteiger partial charge in [-0.3, -0.25) is 4.90 Å². The van der Waals surface area contributed by atoms with Crippen LogP contribution in [0.2, 0.25) is 0 Å². The van der Waals surface area contributed by atoms with E-state index in [2.05, 4.69) is 14.9 Å². The third-order valence-corrected chi connectivity index (χ3v) is 5.45. The standard InChI is InChI=1S/C23H19F3N4O/c24-23(25,26)17-5-7-18(8-6-17)30-10-1-3-19(30)15-29-11-9-20-16(14-29)13-27-22(28-20)21-4-2-12-31-21/h1-8,10,12-13H,9,11,14-15H2. The Labute approximate surface area is 176 Å². The van der Waals surface area contributed by atoms with E-state index in [1.165, 1.54) is 12.1 Å². The average Bonchev–Trinajstić information content (AvgIpc) is 3.45. The van der Waals surface area contributed by atoms with Crippen molar-refractivity contribution in [1.82, 2.24) is 19.4 Å². The van der Waals surface area contributed by atoms with E-state index in [0.29, 0.717) is 30.4 Å². The molecule has 4 heterocycles. The van der Waals surface area contributed by atoms with Gasteiger partial charge in [0.05, 0.1) is 17.5 Å². The van der Waals surface area contributed by atoms with Gasteiger partial charge in [0, 0.05) is 55.4 Å². The van der Waals surface area contributed by atoms with Gasteiger partial charge in [-0.25, -0.2) is 9.97 Å². The molecule has 1 aromatic carbocycles. The highest BCUT2D eigenvalue weighted by Gasteiger charge is 2.30. The normalized spacial score (nSPS) is 14.5. The van der Waals surface area contributed by atoms with Gasteiger partial charge in [0.1, 0.15) is 0 Å². The summed E-state index contributed by atoms with van der Waals surface area (Å²) >= 11 is 0. The fourth-order valence-electron chi connectivity index (χ4n) is 3.87. The van der Waals surface area contributed by atoms with E-state index in [-0.39, 0.29) is 0 Å². The summed E-state index contributed by atoms with van der Waals surface area (Å²) in [6, 6.07) is 12.8. The average molecular weight is 424 g/mol. The summed E-state index contributed by atoms with van der Waals surface area (Å²) in [6.45, 7) is 2.22. The number of alkyl halides is 3. The Hall–Kier alpha value is -3.39. The van der Waals surface area contributed by atoms with Gasteiger partial charge < -0.3 is 8.98 Å². The van der Waals surface area contributed by atoms with Crippen LogP contribution in [0.1, 0.15) is 22.5 Å². The fraction of sp³-hybridized carbons (Fsp3) is 0.217. The van der Waals surface area contributed by atoms with E-state index < -0.39 is 11.7 Å². The number of nitrogens with zero attached hydrogens (tertiary/aromatic N) is 4. The van der Waals surface area contributed by atoms with Crippen molar-refractivity contribution in [3.8, 4) is 17.3 Å². The maximum Gasteiger partial charge on any atom is 0.416 e. The number of hydrogen-bond donors (Lipinski definition) is 0. The lowest BCUT2D eigenvalue weighted by atomic mass is 10.1. The van der Waals surface area contributed by atoms with Crippen LogP contribution in [-0.4, -0.2) is 26.0 Å². The van der Waals surface area contributed by atoms with Crippen LogP contribution in [0.25, 0.3) is 17.3 Å². The number of halogens is 3. The summed E-state index contributed by atoms with van der Waals surface area (Å²) in [6.07, 6.45) is 1.78. The molecule has 4 aromatic rings. The molecule has 0 N–H and O–H groups in total. The largest absolute Gasteiger partial charge is 0.461 e. The molecule has 0 fully saturated rings. The van der Waals surface area contributed by atoms with E-state index in [1.54, 1.807) is 6.26 Å². The lowest BCUT2D eigenvalue weighted by molar-refractivity contribution is -0.137. The van der Waals surface area contributed by atoms with E-state index >= 15 is 0 Å². The minimum absolute atomic E-state index is 0.591. The van der Waals surface area contributed by atoms with Crippen molar-refractivity contribution in [2.24, 2.45) is 0 Å². The molecule has 1 aliphatic rings. The van der Waals surface area contributed by atoms with Crippen LogP contribution in [0, 0.1) is 0 Å². The first-order valence-electron chi connectivity index (χ1n) is 9.92. The van der Waals surface area contributed by atoms with Gasteiger partial charge in [0.25, 0.3) is 0 Å². The minimum Gasteiger partial charge on any atom is -0.461 e. The molecule has 0 unspecified atom stereocenters. The van der Waals surface area contributed by atoms with Crippen molar-refractivity contribution in [2.45, 2.75) is 25.7 Å². The van der Waals surface area contributed by atoms with Crippen molar-refractivity contribution < 1.29 is 17.6 Å². The van der Waals surface area contributed by atoms with Crippen molar-refractivity contribution in [3.63, 3.8) is 0 Å². The molecule has 0 spiro atoms. The van der Waals surface area contributed by atoms with Crippen LogP contribution in [0.5, 0.6) is 0 Å². The molecule has 31 heavy (non-hydrogen) atoms. The first-order valence-corrected chi connectivity index (χ1v) is 9.92. The quantitative estimate of drug-likeness (QED) is 0.457. The van der Waals surface area contributed by atoms with E-state index in [1.807, 2.05) is 41.2 Å². The molecule has 158 valence electrons. The zero-order valence-corrected chi connectivity index (χ0v) is 16.5. The Morgan fingerprint density at radius 2 is 1.87 bits per heavy atom. The Morgan fingerprint density at radius 3 is 2.61 bits per heavy atom. The molecule has 0 bridgehead atoms. The van der Waals surface area contributed by atoms with E-state index in [9.17, 15) is 13.2 Å². The number of furan rings is 1. The van der Waals surface area contributed by atoms with Crippen LogP contribution in [0.15, 0.2) is 71.6 Å². The van der Waals surface area contributed by atoms with Crippen molar-refractivity contribution in [2.75, 3.05) is 6.54 Å². The van der Waals surface area contributed by atoms with Crippen LogP contribution < -0.4 is 0 Å². The molecular formula is C23H19F3N4O. The molecule has 5 nitrogen and oxygen atoms in total. The minimum atomic E-state index is -4.34. The highest BCUT2D eigenvalue weighted by Crippen LogP contribution is 2.30. The molecule has 0 saturated heterocycles. The first-order chi connectivity index (χ1) is 15.0. The molecule has 0 amide bonds. The first kappa shape index (κ1) is 19.6. The summed E-state index contributed by atoms with van der Waals surface area (Å²) in [5.74, 6) is 1.24. The molecule has 5 rings (SSSR count). The van der Waals surface area contributed by atoms with E-state index in [4.69, 9.17) is 4.42 Å². The molecule has 8 heteroatoms. The van der Waals surface area contributed by atoms with Crippen molar-refractivity contribution in [1.29, 1.82) is 0 Å². The number of rotatable bonds is 4. The number of hydrogen-bond acceptors (Lipinski definition) is 4. The predicted molar refractivity (Wildman–Crippen MR) is 108 cm³/mol. The van der Waals surface area contributed by atoms with Crippen LogP contribution in [0.3, 0.4) is 0 Å². The highest BCUT2D eigenvalue weighted by molar-refractivity contribution is 5.47. The third kappa shape index (κ3) is 3.98. The molecule has 1 aliphatic heterocycles. The molecule has 0 aliphatic carbocycles. The molecule has 0 radical (unpaired) electrons. The Bertz CT molecular complexity index is 1180. The highest BCUT2D eigenvalue weighted by atomic mass is 19.4. The summed E-state index contributed by atoms with van der Waals surface area (Å²) in [7, 11) is 0. The third-order valence-electron chi connectivity index (χ3n) is 5.45. The zero-order valence-electron chi connectivity index (χ0n) is 16.5. The van der Waals surface area contributed by atoms with Crippen LogP contribution in [-0.2, 0) is 25.7 Å². The second-order valence-corrected chi connectivity index (χ2v) is 7.52. The van der Waals surface area contributed by atoms with Crippen LogP contribution >= 0.6 is 0 Å². The topological polar surface area (TPSA) is 47.1 Å². The van der Waals surface area contributed by atoms with Gasteiger partial charge in [-0.15, -0.1) is 0 Å². The number of benzene rings is 1. The Balaban J connectivity index is 1.32. The summed E-state index contributed by atoms with van der Waals surface area (Å²) < 4.78 is 45.8. The van der Waals surface area contributed by atoms with Crippen molar-refractivity contribution >= 4 is 0 Å². The van der Waals surface area contributed by atoms with Gasteiger partial charge in [0.2, 0.25) is 0 Å². The van der Waals surface area contributed by atoms with Crippen molar-refractivity contribution in [3.05, 3.63) is 89.7 Å². The van der Waals surface area contributed by atoms with Gasteiger partial charge in [-0.1, -0.05) is 0 Å². The molecular weight excluding hydrogens is 405 g/mol. The van der Waals surface area contributed by atoms with Crippen LogP contribution in [0.4, 0.5) is 13.2 Å². The molecule has 3 aromatic heterocycles. The fourth-order valence-corrected chi connectivity index (χ4v) is 3.87. The lowest BCUT2D eigenvalue weighted by Crippen LogP contribution is -2.31. The maximum absolute atomic E-state index is 12.8. The van der Waals surface area contributed by atoms with Gasteiger partial charge in [0.15, 0.2) is 11.6 Å². The predicted octanol–water partition coefficient (Wildman–Crippen LogP) is 5.10. The summed E-state index contributed by atoms with van der Waals surface area (Å²) in [5, 5.41) is 0. The van der Waals surface area contributed by atoms with Gasteiger partial charge in [-0.2, -0.15) is 13.2 Å². The second kappa shape index (κ2) is 7.70. The SMILES string of the molecule is FC(F)(F)c1ccc(-n2cccc2CN2CCc3nc(-c4ccco4)ncc3C2)cc1. The molecule has 0 saturated carbocycles. The summed E-state index contributed by atoms with van der Waals surface area (Å²) in [5.41, 5.74) is 3.17. The monoisotopic (exact) mass is 424 g/mol. The Kier molecular flexibility index (Phi) is 4.86. The zero-order chi connectivity index (χ0) is 21.4. The lowest BCUT2D eigenvalue weighted by Gasteiger charge is -2.28. The Morgan fingerprint density at radius 1 is 1.03 bits per heavy atom. The van der Waals surface area contributed by atoms with E-state index in [0.717, 1.165) is 42.0 Å². The second-order valence-electron chi connectivity index (χ2n) is 7.52.